The van der Waals surface area contributed by atoms with Crippen LogP contribution in [0, 0.1) is 0 Å². The molecule has 0 radical (unpaired) electrons. The van der Waals surface area contributed by atoms with Gasteiger partial charge >= 0.3 is 0 Å². The Hall–Kier alpha value is 0.110. The van der Waals surface area contributed by atoms with E-state index in [0.29, 0.717) is 25.4 Å². The van der Waals surface area contributed by atoms with Gasteiger partial charge in [-0.05, 0) is 24.1 Å². The third-order valence-electron chi connectivity index (χ3n) is 2.35. The van der Waals surface area contributed by atoms with E-state index in [1.807, 2.05) is 12.1 Å². The van der Waals surface area contributed by atoms with E-state index in [0.717, 1.165) is 12.0 Å². The minimum Gasteiger partial charge on any atom is -0.365 e. The molecular formula is C11H16Cl2NO2P. The number of rotatable bonds is 6. The Kier molecular flexibility index (Phi) is 6.71. The van der Waals surface area contributed by atoms with E-state index in [9.17, 15) is 0 Å². The van der Waals surface area contributed by atoms with Crippen LogP contribution in [0.3, 0.4) is 0 Å². The van der Waals surface area contributed by atoms with Crippen molar-refractivity contribution in [1.29, 1.82) is 0 Å². The Labute approximate surface area is 113 Å². The fraction of sp³-hybridized carbons (Fsp3) is 0.455. The number of halogens is 2. The second kappa shape index (κ2) is 7.52. The van der Waals surface area contributed by atoms with Gasteiger partial charge in [-0.15, -0.1) is 0 Å². The molecule has 0 spiro atoms. The molecule has 0 bridgehead atoms. The van der Waals surface area contributed by atoms with E-state index in [2.05, 4.69) is 0 Å². The van der Waals surface area contributed by atoms with E-state index in [1.165, 1.54) is 5.06 Å². The van der Waals surface area contributed by atoms with Gasteiger partial charge in [0.15, 0.2) is 0 Å². The minimum absolute atomic E-state index is 0.226. The first-order valence-corrected chi connectivity index (χ1v) is 6.92. The highest BCUT2D eigenvalue weighted by Gasteiger charge is 2.13. The van der Waals surface area contributed by atoms with Crippen molar-refractivity contribution in [3.8, 4) is 0 Å². The maximum Gasteiger partial charge on any atom is 0.0595 e. The second-order valence-corrected chi connectivity index (χ2v) is 5.87. The van der Waals surface area contributed by atoms with Crippen LogP contribution in [0.4, 0.5) is 0 Å². The van der Waals surface area contributed by atoms with E-state index in [1.54, 1.807) is 20.2 Å². The summed E-state index contributed by atoms with van der Waals surface area (Å²) in [5.41, 5.74) is 1.31. The van der Waals surface area contributed by atoms with Crippen molar-refractivity contribution in [2.75, 3.05) is 20.7 Å². The zero-order chi connectivity index (χ0) is 12.8. The van der Waals surface area contributed by atoms with Gasteiger partial charge in [-0.25, -0.2) is 0 Å². The van der Waals surface area contributed by atoms with Crippen LogP contribution in [0.2, 0.25) is 10.0 Å². The smallest absolute Gasteiger partial charge is 0.0595 e. The first kappa shape index (κ1) is 15.2. The number of benzene rings is 1. The second-order valence-electron chi connectivity index (χ2n) is 3.72. The van der Waals surface area contributed by atoms with Crippen LogP contribution in [0.1, 0.15) is 17.6 Å². The van der Waals surface area contributed by atoms with Gasteiger partial charge in [0.1, 0.15) is 0 Å². The van der Waals surface area contributed by atoms with E-state index in [4.69, 9.17) is 32.9 Å². The molecule has 0 saturated heterocycles. The van der Waals surface area contributed by atoms with Crippen LogP contribution in [-0.4, -0.2) is 31.0 Å². The number of hydrogen-bond donors (Lipinski definition) is 1. The predicted molar refractivity (Wildman–Crippen MR) is 73.6 cm³/mol. The quantitative estimate of drug-likeness (QED) is 0.636. The molecule has 0 amide bonds. The highest BCUT2D eigenvalue weighted by Crippen LogP contribution is 2.39. The van der Waals surface area contributed by atoms with Gasteiger partial charge in [0.25, 0.3) is 0 Å². The summed E-state index contributed by atoms with van der Waals surface area (Å²) in [6.07, 6.45) is 0.803. The first-order valence-electron chi connectivity index (χ1n) is 5.18. The molecule has 0 aliphatic rings. The molecule has 3 nitrogen and oxygen atoms in total. The average molecular weight is 296 g/mol. The zero-order valence-corrected chi connectivity index (χ0v) is 12.3. The summed E-state index contributed by atoms with van der Waals surface area (Å²) in [7, 11) is 3.64. The maximum absolute atomic E-state index is 9.16. The van der Waals surface area contributed by atoms with Crippen LogP contribution >= 0.6 is 32.0 Å². The summed E-state index contributed by atoms with van der Waals surface area (Å²) in [6, 6.07) is 5.59. The molecule has 0 heterocycles. The van der Waals surface area contributed by atoms with Gasteiger partial charge < -0.3 is 9.73 Å². The van der Waals surface area contributed by atoms with E-state index < -0.39 is 0 Å². The molecule has 2 unspecified atom stereocenters. The first-order chi connectivity index (χ1) is 8.04. The summed E-state index contributed by atoms with van der Waals surface area (Å²) in [5.74, 6) is 0. The SMILES string of the molecule is COPC(CCN(C)O)c1ccc(Cl)c(Cl)c1. The molecular weight excluding hydrogens is 280 g/mol. The Bertz CT molecular complexity index is 363. The normalized spacial score (nSPS) is 13.8. The molecule has 0 fully saturated rings. The molecule has 17 heavy (non-hydrogen) atoms. The van der Waals surface area contributed by atoms with Crippen molar-refractivity contribution in [2.24, 2.45) is 0 Å². The minimum atomic E-state index is 0.226. The van der Waals surface area contributed by atoms with Crippen molar-refractivity contribution in [3.63, 3.8) is 0 Å². The average Bonchev–Trinajstić information content (AvgIpc) is 2.28. The molecule has 6 heteroatoms. The van der Waals surface area contributed by atoms with Gasteiger partial charge in [-0.2, -0.15) is 5.06 Å². The summed E-state index contributed by atoms with van der Waals surface area (Å²) >= 11 is 11.9. The van der Waals surface area contributed by atoms with E-state index >= 15 is 0 Å². The molecule has 0 aliphatic heterocycles. The Balaban J connectivity index is 2.77. The molecule has 1 N–H and O–H groups in total. The van der Waals surface area contributed by atoms with Crippen LogP contribution in [0.15, 0.2) is 18.2 Å². The molecule has 1 aromatic carbocycles. The number of hydroxylamine groups is 2. The van der Waals surface area contributed by atoms with E-state index in [-0.39, 0.29) is 5.66 Å². The van der Waals surface area contributed by atoms with Crippen LogP contribution in [-0.2, 0) is 4.52 Å². The number of hydrogen-bond acceptors (Lipinski definition) is 3. The predicted octanol–water partition coefficient (Wildman–Crippen LogP) is 3.99. The van der Waals surface area contributed by atoms with Crippen molar-refractivity contribution in [2.45, 2.75) is 12.1 Å². The Morgan fingerprint density at radius 1 is 1.41 bits per heavy atom. The lowest BCUT2D eigenvalue weighted by molar-refractivity contribution is -0.0653. The molecule has 1 rings (SSSR count). The summed E-state index contributed by atoms with van der Waals surface area (Å²) in [4.78, 5) is 0. The third kappa shape index (κ3) is 5.09. The fourth-order valence-electron chi connectivity index (χ4n) is 1.48. The Morgan fingerprint density at radius 2 is 2.12 bits per heavy atom. The lowest BCUT2D eigenvalue weighted by atomic mass is 10.1. The lowest BCUT2D eigenvalue weighted by Crippen LogP contribution is -2.15. The van der Waals surface area contributed by atoms with Gasteiger partial charge in [-0.3, -0.25) is 0 Å². The molecule has 1 aromatic rings. The molecule has 96 valence electrons. The molecule has 2 atom stereocenters. The largest absolute Gasteiger partial charge is 0.365 e. The number of nitrogens with zero attached hydrogens (tertiary/aromatic N) is 1. The van der Waals surface area contributed by atoms with Crippen LogP contribution < -0.4 is 0 Å². The topological polar surface area (TPSA) is 32.7 Å². The van der Waals surface area contributed by atoms with Gasteiger partial charge in [0.2, 0.25) is 0 Å². The van der Waals surface area contributed by atoms with Crippen molar-refractivity contribution >= 4 is 32.0 Å². The highest BCUT2D eigenvalue weighted by atomic mass is 35.5. The zero-order valence-electron chi connectivity index (χ0n) is 9.78. The monoisotopic (exact) mass is 295 g/mol. The molecule has 0 aliphatic carbocycles. The van der Waals surface area contributed by atoms with Crippen molar-refractivity contribution in [1.82, 2.24) is 5.06 Å². The maximum atomic E-state index is 9.16. The fourth-order valence-corrected chi connectivity index (χ4v) is 2.63. The van der Waals surface area contributed by atoms with Gasteiger partial charge in [0.05, 0.1) is 10.0 Å². The molecule has 0 aromatic heterocycles. The summed E-state index contributed by atoms with van der Waals surface area (Å²) < 4.78 is 5.21. The summed E-state index contributed by atoms with van der Waals surface area (Å²) in [5, 5.41) is 11.4. The van der Waals surface area contributed by atoms with Crippen LogP contribution in [0.25, 0.3) is 0 Å². The van der Waals surface area contributed by atoms with Crippen molar-refractivity contribution < 1.29 is 9.73 Å². The van der Waals surface area contributed by atoms with Gasteiger partial charge in [-0.1, -0.05) is 29.3 Å². The summed E-state index contributed by atoms with van der Waals surface area (Å²) in [6.45, 7) is 0.585. The third-order valence-corrected chi connectivity index (χ3v) is 4.23. The van der Waals surface area contributed by atoms with Crippen molar-refractivity contribution in [3.05, 3.63) is 33.8 Å². The standard InChI is InChI=1S/C11H16Cl2NO2P/c1-14(15)6-5-11(17-16-2)8-3-4-9(12)10(13)7-8/h3-4,7,11,15,17H,5-6H2,1-2H3. The highest BCUT2D eigenvalue weighted by molar-refractivity contribution is 7.32. The lowest BCUT2D eigenvalue weighted by Gasteiger charge is -2.18. The van der Waals surface area contributed by atoms with Crippen LogP contribution in [0.5, 0.6) is 0 Å². The van der Waals surface area contributed by atoms with Gasteiger partial charge in [0, 0.05) is 35.2 Å². The molecule has 0 saturated carbocycles. The Morgan fingerprint density at radius 3 is 2.65 bits per heavy atom.